The van der Waals surface area contributed by atoms with E-state index in [0.717, 1.165) is 6.07 Å². The number of hydrogen-bond acceptors (Lipinski definition) is 1. The molecule has 1 rings (SSSR count). The third kappa shape index (κ3) is 2.84. The summed E-state index contributed by atoms with van der Waals surface area (Å²) in [5.74, 6) is -2.98. The Kier molecular flexibility index (Phi) is 2.82. The molecule has 0 spiro atoms. The minimum Gasteiger partial charge on any atom is -0.207 e. The second-order valence-electron chi connectivity index (χ2n) is 1.84. The zero-order valence-corrected chi connectivity index (χ0v) is 6.25. The van der Waals surface area contributed by atoms with E-state index in [0.29, 0.717) is 11.8 Å². The topological polar surface area (TPSA) is 0 Å². The summed E-state index contributed by atoms with van der Waals surface area (Å²) in [7, 11) is 0. The fraction of sp³-hybridized carbons (Fsp3) is 0.143. The molecule has 0 saturated carbocycles. The van der Waals surface area contributed by atoms with Crippen LogP contribution in [-0.2, 0) is 0 Å². The van der Waals surface area contributed by atoms with Crippen LogP contribution in [0.1, 0.15) is 0 Å². The molecule has 0 bridgehead atoms. The Morgan fingerprint density at radius 1 is 1.27 bits per heavy atom. The summed E-state index contributed by atoms with van der Waals surface area (Å²) in [6, 6.07) is 5.15. The molecule has 0 nitrogen and oxygen atoms in total. The van der Waals surface area contributed by atoms with E-state index in [1.54, 1.807) is 0 Å². The van der Waals surface area contributed by atoms with Crippen molar-refractivity contribution in [2.75, 3.05) is 0 Å². The van der Waals surface area contributed by atoms with Crippen molar-refractivity contribution >= 4 is 11.8 Å². The standard InChI is InChI=1S/C7H5F3S/c8-5-2-1-3-6(4-5)11-7(9)10/h1-4,7H. The van der Waals surface area contributed by atoms with Gasteiger partial charge in [-0.2, -0.15) is 8.78 Å². The van der Waals surface area contributed by atoms with Gasteiger partial charge >= 0.3 is 0 Å². The number of thioether (sulfide) groups is 1. The van der Waals surface area contributed by atoms with Gasteiger partial charge in [0.2, 0.25) is 0 Å². The zero-order chi connectivity index (χ0) is 8.27. The van der Waals surface area contributed by atoms with Gasteiger partial charge in [-0.05, 0) is 18.2 Å². The van der Waals surface area contributed by atoms with Crippen LogP contribution >= 0.6 is 11.8 Å². The summed E-state index contributed by atoms with van der Waals surface area (Å²) in [6.45, 7) is 0. The lowest BCUT2D eigenvalue weighted by Crippen LogP contribution is -1.81. The molecular formula is C7H5F3S. The highest BCUT2D eigenvalue weighted by atomic mass is 32.2. The van der Waals surface area contributed by atoms with Crippen molar-refractivity contribution in [2.45, 2.75) is 10.7 Å². The number of alkyl halides is 2. The summed E-state index contributed by atoms with van der Waals surface area (Å²) >= 11 is 0.339. The highest BCUT2D eigenvalue weighted by Crippen LogP contribution is 2.24. The number of benzene rings is 1. The number of rotatable bonds is 2. The van der Waals surface area contributed by atoms with Crippen LogP contribution in [0.3, 0.4) is 0 Å². The summed E-state index contributed by atoms with van der Waals surface area (Å²) < 4.78 is 35.7. The molecule has 0 aliphatic heterocycles. The van der Waals surface area contributed by atoms with Crippen molar-refractivity contribution in [1.82, 2.24) is 0 Å². The maximum atomic E-state index is 12.4. The molecule has 0 aliphatic rings. The van der Waals surface area contributed by atoms with E-state index in [4.69, 9.17) is 0 Å². The van der Waals surface area contributed by atoms with Crippen molar-refractivity contribution in [2.24, 2.45) is 0 Å². The summed E-state index contributed by atoms with van der Waals surface area (Å²) in [5, 5.41) is 0. The maximum Gasteiger partial charge on any atom is 0.288 e. The predicted octanol–water partition coefficient (Wildman–Crippen LogP) is 3.14. The highest BCUT2D eigenvalue weighted by molar-refractivity contribution is 7.99. The highest BCUT2D eigenvalue weighted by Gasteiger charge is 2.04. The normalized spacial score (nSPS) is 10.5. The third-order valence-corrected chi connectivity index (χ3v) is 1.73. The largest absolute Gasteiger partial charge is 0.288 e. The molecule has 0 fully saturated rings. The molecule has 1 aromatic rings. The Hall–Kier alpha value is -0.640. The minimum absolute atomic E-state index is 0.250. The molecule has 60 valence electrons. The molecule has 11 heavy (non-hydrogen) atoms. The van der Waals surface area contributed by atoms with Gasteiger partial charge in [-0.1, -0.05) is 17.8 Å². The van der Waals surface area contributed by atoms with Gasteiger partial charge in [0.25, 0.3) is 5.76 Å². The molecule has 1 aromatic carbocycles. The molecule has 0 radical (unpaired) electrons. The third-order valence-electron chi connectivity index (χ3n) is 1.02. The van der Waals surface area contributed by atoms with Gasteiger partial charge in [-0.15, -0.1) is 0 Å². The van der Waals surface area contributed by atoms with Gasteiger partial charge in [0, 0.05) is 4.90 Å². The van der Waals surface area contributed by atoms with Gasteiger partial charge in [0.05, 0.1) is 0 Å². The van der Waals surface area contributed by atoms with Crippen molar-refractivity contribution in [3.05, 3.63) is 30.1 Å². The SMILES string of the molecule is Fc1cccc(SC(F)F)c1. The number of halogens is 3. The van der Waals surface area contributed by atoms with Crippen molar-refractivity contribution in [1.29, 1.82) is 0 Å². The lowest BCUT2D eigenvalue weighted by atomic mass is 10.4. The van der Waals surface area contributed by atoms with Crippen LogP contribution in [0.15, 0.2) is 29.2 Å². The van der Waals surface area contributed by atoms with E-state index in [1.165, 1.54) is 18.2 Å². The molecule has 0 aliphatic carbocycles. The van der Waals surface area contributed by atoms with E-state index in [1.807, 2.05) is 0 Å². The average Bonchev–Trinajstić information content (AvgIpc) is 1.85. The van der Waals surface area contributed by atoms with Crippen LogP contribution in [0.25, 0.3) is 0 Å². The molecule has 0 unspecified atom stereocenters. The Bertz CT molecular complexity index is 237. The van der Waals surface area contributed by atoms with E-state index in [9.17, 15) is 13.2 Å². The van der Waals surface area contributed by atoms with E-state index < -0.39 is 11.6 Å². The summed E-state index contributed by atoms with van der Waals surface area (Å²) in [6.07, 6.45) is 0. The summed E-state index contributed by atoms with van der Waals surface area (Å²) in [5.41, 5.74) is 0. The monoisotopic (exact) mass is 178 g/mol. The second kappa shape index (κ2) is 3.67. The summed E-state index contributed by atoms with van der Waals surface area (Å²) in [4.78, 5) is 0.250. The van der Waals surface area contributed by atoms with Gasteiger partial charge < -0.3 is 0 Å². The van der Waals surface area contributed by atoms with Crippen LogP contribution in [0.4, 0.5) is 13.2 Å². The molecule has 0 saturated heterocycles. The fourth-order valence-corrected chi connectivity index (χ4v) is 1.19. The molecule has 0 amide bonds. The molecule has 0 heterocycles. The first kappa shape index (κ1) is 8.46. The zero-order valence-electron chi connectivity index (χ0n) is 5.43. The Labute approximate surface area is 66.4 Å². The van der Waals surface area contributed by atoms with Crippen LogP contribution in [0.2, 0.25) is 0 Å². The molecule has 0 N–H and O–H groups in total. The second-order valence-corrected chi connectivity index (χ2v) is 2.90. The van der Waals surface area contributed by atoms with Crippen molar-refractivity contribution in [3.8, 4) is 0 Å². The van der Waals surface area contributed by atoms with Crippen LogP contribution < -0.4 is 0 Å². The Morgan fingerprint density at radius 3 is 2.55 bits per heavy atom. The average molecular weight is 178 g/mol. The smallest absolute Gasteiger partial charge is 0.207 e. The van der Waals surface area contributed by atoms with Gasteiger partial charge in [-0.3, -0.25) is 0 Å². The van der Waals surface area contributed by atoms with E-state index in [-0.39, 0.29) is 4.90 Å². The molecular weight excluding hydrogens is 173 g/mol. The van der Waals surface area contributed by atoms with E-state index in [2.05, 4.69) is 0 Å². The lowest BCUT2D eigenvalue weighted by Gasteiger charge is -1.97. The van der Waals surface area contributed by atoms with Crippen molar-refractivity contribution in [3.63, 3.8) is 0 Å². The first-order valence-corrected chi connectivity index (χ1v) is 3.77. The minimum atomic E-state index is -2.49. The van der Waals surface area contributed by atoms with Crippen molar-refractivity contribution < 1.29 is 13.2 Å². The predicted molar refractivity (Wildman–Crippen MR) is 38.3 cm³/mol. The van der Waals surface area contributed by atoms with Gasteiger partial charge in [-0.25, -0.2) is 4.39 Å². The Morgan fingerprint density at radius 2 is 2.00 bits per heavy atom. The van der Waals surface area contributed by atoms with E-state index >= 15 is 0 Å². The van der Waals surface area contributed by atoms with Gasteiger partial charge in [0.1, 0.15) is 5.82 Å². The quantitative estimate of drug-likeness (QED) is 0.627. The molecule has 0 aromatic heterocycles. The molecule has 0 atom stereocenters. The maximum absolute atomic E-state index is 12.4. The lowest BCUT2D eigenvalue weighted by molar-refractivity contribution is 0.252. The Balaban J connectivity index is 2.71. The van der Waals surface area contributed by atoms with Crippen LogP contribution in [0.5, 0.6) is 0 Å². The fourth-order valence-electron chi connectivity index (χ4n) is 0.643. The van der Waals surface area contributed by atoms with Crippen LogP contribution in [-0.4, -0.2) is 5.76 Å². The first-order chi connectivity index (χ1) is 5.18. The van der Waals surface area contributed by atoms with Gasteiger partial charge in [0.15, 0.2) is 0 Å². The first-order valence-electron chi connectivity index (χ1n) is 2.89. The van der Waals surface area contributed by atoms with Crippen LogP contribution in [0, 0.1) is 5.82 Å². The molecule has 4 heteroatoms. The number of hydrogen-bond donors (Lipinski definition) is 0.